The molecule has 0 radical (unpaired) electrons. The molecule has 0 saturated heterocycles. The fourth-order valence-corrected chi connectivity index (χ4v) is 7.03. The van der Waals surface area contributed by atoms with Gasteiger partial charge >= 0.3 is 0 Å². The molecule has 2 heterocycles. The quantitative estimate of drug-likeness (QED) is 0.214. The molecule has 1 aromatic heterocycles. The first-order valence-electron chi connectivity index (χ1n) is 14.6. The Morgan fingerprint density at radius 3 is 2.38 bits per heavy atom. The van der Waals surface area contributed by atoms with Crippen molar-refractivity contribution in [3.8, 4) is 0 Å². The van der Waals surface area contributed by atoms with Gasteiger partial charge in [0.15, 0.2) is 0 Å². The van der Waals surface area contributed by atoms with Crippen molar-refractivity contribution in [3.63, 3.8) is 0 Å². The second-order valence-electron chi connectivity index (χ2n) is 11.9. The van der Waals surface area contributed by atoms with Crippen molar-refractivity contribution in [2.45, 2.75) is 32.2 Å². The number of nitrogen functional groups attached to an aromatic ring is 1. The number of aromatic nitrogens is 1. The summed E-state index contributed by atoms with van der Waals surface area (Å²) >= 11 is 0. The monoisotopic (exact) mass is 544 g/mol. The smallest absolute Gasteiger partial charge is 0.141 e. The van der Waals surface area contributed by atoms with Crippen LogP contribution in [0.15, 0.2) is 120 Å². The maximum Gasteiger partial charge on any atom is 0.141 e. The van der Waals surface area contributed by atoms with Crippen LogP contribution in [0.4, 0.5) is 5.69 Å². The van der Waals surface area contributed by atoms with E-state index in [-0.39, 0.29) is 11.5 Å². The summed E-state index contributed by atoms with van der Waals surface area (Å²) in [5.41, 5.74) is 16.4. The summed E-state index contributed by atoms with van der Waals surface area (Å²) in [5.74, 6) is 0.923. The molecule has 8 rings (SSSR count). The van der Waals surface area contributed by atoms with Gasteiger partial charge in [-0.2, -0.15) is 0 Å². The van der Waals surface area contributed by atoms with Crippen molar-refractivity contribution in [2.75, 3.05) is 5.73 Å². The van der Waals surface area contributed by atoms with Crippen LogP contribution in [0.25, 0.3) is 44.4 Å². The zero-order valence-electron chi connectivity index (χ0n) is 24.0. The second kappa shape index (κ2) is 8.95. The first-order chi connectivity index (χ1) is 20.5. The molecule has 6 aromatic rings. The molecule has 0 spiro atoms. The minimum absolute atomic E-state index is 0.216. The molecule has 0 bridgehead atoms. The minimum Gasteiger partial charge on any atom is -0.398 e. The number of benzene rings is 5. The van der Waals surface area contributed by atoms with E-state index >= 15 is 0 Å². The van der Waals surface area contributed by atoms with Crippen molar-refractivity contribution >= 4 is 55.9 Å². The molecule has 0 saturated carbocycles. The third-order valence-corrected chi connectivity index (χ3v) is 9.09. The summed E-state index contributed by atoms with van der Waals surface area (Å²) in [7, 11) is 0. The average Bonchev–Trinajstić information content (AvgIpc) is 3.44. The number of anilines is 1. The van der Waals surface area contributed by atoms with E-state index in [1.807, 2.05) is 13.0 Å². The zero-order valence-corrected chi connectivity index (χ0v) is 24.0. The number of fused-ring (bicyclic) bond motifs is 6. The first-order valence-corrected chi connectivity index (χ1v) is 14.6. The Labute approximate surface area is 245 Å². The van der Waals surface area contributed by atoms with Crippen molar-refractivity contribution in [1.82, 2.24) is 9.88 Å². The predicted octanol–water partition coefficient (Wildman–Crippen LogP) is 8.81. The van der Waals surface area contributed by atoms with Crippen LogP contribution in [0.1, 0.15) is 49.1 Å². The Bertz CT molecular complexity index is 2170. The molecule has 1 atom stereocenters. The van der Waals surface area contributed by atoms with Crippen LogP contribution in [0.3, 0.4) is 0 Å². The summed E-state index contributed by atoms with van der Waals surface area (Å²) < 4.78 is 2.36. The lowest BCUT2D eigenvalue weighted by Gasteiger charge is -2.34. The van der Waals surface area contributed by atoms with Gasteiger partial charge in [0.1, 0.15) is 11.9 Å². The van der Waals surface area contributed by atoms with E-state index in [0.717, 1.165) is 45.1 Å². The molecular weight excluding hydrogens is 512 g/mol. The summed E-state index contributed by atoms with van der Waals surface area (Å²) in [4.78, 5) is 5.60. The maximum atomic E-state index is 6.93. The number of nitrogens with two attached hydrogens (primary N) is 1. The van der Waals surface area contributed by atoms with Crippen LogP contribution in [0.2, 0.25) is 0 Å². The lowest BCUT2D eigenvalue weighted by atomic mass is 9.84. The van der Waals surface area contributed by atoms with Crippen molar-refractivity contribution < 1.29 is 0 Å². The van der Waals surface area contributed by atoms with E-state index in [4.69, 9.17) is 10.7 Å². The Kier molecular flexibility index (Phi) is 5.26. The fourth-order valence-electron chi connectivity index (χ4n) is 7.03. The van der Waals surface area contributed by atoms with Gasteiger partial charge in [-0.15, -0.1) is 0 Å². The molecule has 1 unspecified atom stereocenters. The maximum absolute atomic E-state index is 6.93. The number of nitrogens with one attached hydrogen (secondary N) is 1. The van der Waals surface area contributed by atoms with Crippen molar-refractivity contribution in [1.29, 1.82) is 0 Å². The molecule has 3 N–H and O–H groups in total. The lowest BCUT2D eigenvalue weighted by molar-refractivity contribution is 0.551. The predicted molar refractivity (Wildman–Crippen MR) is 178 cm³/mol. The highest BCUT2D eigenvalue weighted by Crippen LogP contribution is 2.49. The summed E-state index contributed by atoms with van der Waals surface area (Å²) in [6.45, 7) is 6.59. The molecule has 4 heteroatoms. The van der Waals surface area contributed by atoms with Gasteiger partial charge in [0.2, 0.25) is 0 Å². The fraction of sp³-hybridized carbons (Fsp3) is 0.132. The molecule has 1 aliphatic carbocycles. The van der Waals surface area contributed by atoms with Gasteiger partial charge in [-0.1, -0.05) is 111 Å². The van der Waals surface area contributed by atoms with E-state index in [0.29, 0.717) is 0 Å². The molecule has 4 nitrogen and oxygen atoms in total. The molecule has 42 heavy (non-hydrogen) atoms. The summed E-state index contributed by atoms with van der Waals surface area (Å²) in [6.07, 6.45) is 4.11. The SMILES string of the molecule is C/C=C\c1cccc(C2NC3=C(N=C2n2c4ccccc4c4cc5ccccc5cc42)c2ccccc2C3(C)C)c1N. The molecule has 1 aliphatic heterocycles. The molecule has 0 amide bonds. The van der Waals surface area contributed by atoms with Crippen LogP contribution in [0.5, 0.6) is 0 Å². The van der Waals surface area contributed by atoms with Crippen LogP contribution in [0, 0.1) is 0 Å². The standard InChI is InChI=1S/C38H32N4/c1-4-12-23-15-11-18-28(33(23)39)35-37(41-34-27-17-7-9-19-30(27)38(2,3)36(34)40-35)42-31-20-10-8-16-26(31)29-21-24-13-5-6-14-25(24)22-32(29)42/h4-22,35,40H,39H2,1-3H3/b12-4-. The number of nitrogens with zero attached hydrogens (tertiary/aromatic N) is 2. The van der Waals surface area contributed by atoms with Crippen molar-refractivity contribution in [2.24, 2.45) is 4.99 Å². The van der Waals surface area contributed by atoms with Crippen LogP contribution < -0.4 is 11.1 Å². The highest BCUT2D eigenvalue weighted by atomic mass is 15.2. The number of aliphatic imine (C=N–C) groups is 1. The van der Waals surface area contributed by atoms with Crippen molar-refractivity contribution in [3.05, 3.63) is 137 Å². The molecule has 0 fully saturated rings. The van der Waals surface area contributed by atoms with Gasteiger partial charge in [-0.05, 0) is 47.0 Å². The largest absolute Gasteiger partial charge is 0.398 e. The van der Waals surface area contributed by atoms with E-state index in [1.54, 1.807) is 0 Å². The highest BCUT2D eigenvalue weighted by Gasteiger charge is 2.43. The highest BCUT2D eigenvalue weighted by molar-refractivity contribution is 6.19. The molecule has 204 valence electrons. The van der Waals surface area contributed by atoms with Crippen LogP contribution in [-0.2, 0) is 5.41 Å². The topological polar surface area (TPSA) is 55.3 Å². The second-order valence-corrected chi connectivity index (χ2v) is 11.9. The minimum atomic E-state index is -0.256. The summed E-state index contributed by atoms with van der Waals surface area (Å²) in [6, 6.07) is 36.6. The van der Waals surface area contributed by atoms with Gasteiger partial charge in [0, 0.05) is 38.7 Å². The van der Waals surface area contributed by atoms with Crippen LogP contribution in [-0.4, -0.2) is 10.4 Å². The van der Waals surface area contributed by atoms with Crippen LogP contribution >= 0.6 is 0 Å². The Balaban J connectivity index is 1.48. The average molecular weight is 545 g/mol. The Morgan fingerprint density at radius 1 is 0.810 bits per heavy atom. The Hall–Kier alpha value is -5.09. The first kappa shape index (κ1) is 24.7. The number of rotatable bonds is 2. The lowest BCUT2D eigenvalue weighted by Crippen LogP contribution is -2.40. The van der Waals surface area contributed by atoms with Gasteiger partial charge < -0.3 is 11.1 Å². The Morgan fingerprint density at radius 2 is 1.55 bits per heavy atom. The van der Waals surface area contributed by atoms with E-state index in [1.165, 1.54) is 32.7 Å². The normalized spacial score (nSPS) is 17.6. The third kappa shape index (κ3) is 3.38. The van der Waals surface area contributed by atoms with Gasteiger partial charge in [-0.3, -0.25) is 4.57 Å². The number of hydrogen-bond donors (Lipinski definition) is 2. The van der Waals surface area contributed by atoms with E-state index in [9.17, 15) is 0 Å². The van der Waals surface area contributed by atoms with Gasteiger partial charge in [0.25, 0.3) is 0 Å². The number of para-hydroxylation sites is 2. The zero-order chi connectivity index (χ0) is 28.6. The number of hydrogen-bond acceptors (Lipinski definition) is 3. The van der Waals surface area contributed by atoms with E-state index < -0.39 is 0 Å². The molecule has 5 aromatic carbocycles. The molecular formula is C38H32N4. The van der Waals surface area contributed by atoms with Gasteiger partial charge in [-0.25, -0.2) is 4.99 Å². The van der Waals surface area contributed by atoms with E-state index in [2.05, 4.69) is 133 Å². The summed E-state index contributed by atoms with van der Waals surface area (Å²) in [5, 5.41) is 8.87. The molecule has 2 aliphatic rings. The van der Waals surface area contributed by atoms with Gasteiger partial charge in [0.05, 0.1) is 16.7 Å². The third-order valence-electron chi connectivity index (χ3n) is 9.09. The number of allylic oxidation sites excluding steroid dienone is 2.